The van der Waals surface area contributed by atoms with E-state index in [9.17, 15) is 8.42 Å². The fourth-order valence-corrected chi connectivity index (χ4v) is 2.43. The second-order valence-electron chi connectivity index (χ2n) is 4.63. The number of primary sulfonamides is 1. The summed E-state index contributed by atoms with van der Waals surface area (Å²) in [5.41, 5.74) is 1.52. The largest absolute Gasteiger partial charge is 0.365 e. The van der Waals surface area contributed by atoms with Crippen LogP contribution >= 0.6 is 0 Å². The number of rotatable bonds is 4. The van der Waals surface area contributed by atoms with Gasteiger partial charge in [-0.05, 0) is 11.6 Å². The number of hydrogen-bond donors (Lipinski definition) is 2. The van der Waals surface area contributed by atoms with Crippen molar-refractivity contribution in [3.63, 3.8) is 0 Å². The highest BCUT2D eigenvalue weighted by atomic mass is 32.2. The molecule has 0 saturated heterocycles. The number of pyridine rings is 1. The molecule has 0 atom stereocenters. The van der Waals surface area contributed by atoms with Crippen LogP contribution in [-0.4, -0.2) is 33.2 Å². The number of sulfonamides is 1. The number of nitrogens with two attached hydrogens (primary N) is 1. The second-order valence-corrected chi connectivity index (χ2v) is 6.14. The molecule has 10 heteroatoms. The Labute approximate surface area is 126 Å². The lowest BCUT2D eigenvalue weighted by molar-refractivity contribution is 0.594. The third-order valence-corrected chi connectivity index (χ3v) is 3.90. The van der Waals surface area contributed by atoms with Crippen molar-refractivity contribution in [3.05, 3.63) is 36.4 Å². The molecule has 0 aromatic carbocycles. The van der Waals surface area contributed by atoms with Crippen LogP contribution in [0.2, 0.25) is 0 Å². The summed E-state index contributed by atoms with van der Waals surface area (Å²) in [5.74, 6) is 0.647. The molecule has 0 spiro atoms. The average Bonchev–Trinajstić information content (AvgIpc) is 2.87. The fourth-order valence-electron chi connectivity index (χ4n) is 1.97. The molecule has 0 aliphatic heterocycles. The van der Waals surface area contributed by atoms with E-state index >= 15 is 0 Å². The lowest BCUT2D eigenvalue weighted by Gasteiger charge is -2.06. The van der Waals surface area contributed by atoms with E-state index < -0.39 is 10.0 Å². The normalized spacial score (nSPS) is 11.7. The predicted molar refractivity (Wildman–Crippen MR) is 79.2 cm³/mol. The van der Waals surface area contributed by atoms with Gasteiger partial charge in [0.2, 0.25) is 0 Å². The SMILES string of the molecule is Cn1ncc2c(NCc3ccc(S(N)(=O)=O)nc3)ncnc21. The van der Waals surface area contributed by atoms with Crippen LogP contribution in [0.1, 0.15) is 5.56 Å². The monoisotopic (exact) mass is 319 g/mol. The second kappa shape index (κ2) is 5.31. The number of anilines is 1. The summed E-state index contributed by atoms with van der Waals surface area (Å²) in [6.45, 7) is 0.429. The molecule has 0 fully saturated rings. The van der Waals surface area contributed by atoms with E-state index in [4.69, 9.17) is 5.14 Å². The van der Waals surface area contributed by atoms with Gasteiger partial charge in [0.15, 0.2) is 10.7 Å². The van der Waals surface area contributed by atoms with Crippen molar-refractivity contribution in [3.8, 4) is 0 Å². The minimum absolute atomic E-state index is 0.159. The third kappa shape index (κ3) is 2.73. The van der Waals surface area contributed by atoms with Crippen LogP contribution in [0.5, 0.6) is 0 Å². The van der Waals surface area contributed by atoms with Crippen molar-refractivity contribution in [2.75, 3.05) is 5.32 Å². The van der Waals surface area contributed by atoms with E-state index in [-0.39, 0.29) is 5.03 Å². The van der Waals surface area contributed by atoms with Crippen molar-refractivity contribution in [2.45, 2.75) is 11.6 Å². The van der Waals surface area contributed by atoms with E-state index in [2.05, 4.69) is 25.4 Å². The molecule has 3 heterocycles. The maximum atomic E-state index is 11.1. The molecule has 9 nitrogen and oxygen atoms in total. The molecular formula is C12H13N7O2S. The number of nitrogens with one attached hydrogen (secondary N) is 1. The summed E-state index contributed by atoms with van der Waals surface area (Å²) in [7, 11) is -1.98. The fraction of sp³-hybridized carbons (Fsp3) is 0.167. The highest BCUT2D eigenvalue weighted by Crippen LogP contribution is 2.18. The first-order chi connectivity index (χ1) is 10.4. The third-order valence-electron chi connectivity index (χ3n) is 3.08. The van der Waals surface area contributed by atoms with Gasteiger partial charge in [-0.1, -0.05) is 6.07 Å². The Kier molecular flexibility index (Phi) is 3.47. The van der Waals surface area contributed by atoms with Gasteiger partial charge in [0.05, 0.1) is 11.6 Å². The zero-order valence-electron chi connectivity index (χ0n) is 11.6. The van der Waals surface area contributed by atoms with Gasteiger partial charge < -0.3 is 5.32 Å². The van der Waals surface area contributed by atoms with Crippen LogP contribution in [0.4, 0.5) is 5.82 Å². The minimum Gasteiger partial charge on any atom is -0.365 e. The summed E-state index contributed by atoms with van der Waals surface area (Å²) in [6, 6.07) is 3.01. The molecule has 0 radical (unpaired) electrons. The summed E-state index contributed by atoms with van der Waals surface area (Å²) in [5, 5.41) is 12.9. The van der Waals surface area contributed by atoms with Gasteiger partial charge in [-0.25, -0.2) is 28.5 Å². The van der Waals surface area contributed by atoms with Crippen LogP contribution in [0.15, 0.2) is 35.9 Å². The van der Waals surface area contributed by atoms with Crippen LogP contribution in [0, 0.1) is 0 Å². The Morgan fingerprint density at radius 3 is 2.73 bits per heavy atom. The average molecular weight is 319 g/mol. The van der Waals surface area contributed by atoms with E-state index in [0.29, 0.717) is 12.4 Å². The lowest BCUT2D eigenvalue weighted by Crippen LogP contribution is -2.14. The summed E-state index contributed by atoms with van der Waals surface area (Å²) in [6.07, 6.45) is 4.59. The summed E-state index contributed by atoms with van der Waals surface area (Å²) < 4.78 is 23.9. The quantitative estimate of drug-likeness (QED) is 0.693. The molecule has 114 valence electrons. The van der Waals surface area contributed by atoms with Gasteiger partial charge in [-0.2, -0.15) is 5.10 Å². The zero-order chi connectivity index (χ0) is 15.7. The molecule has 3 aromatic rings. The molecule has 0 aliphatic carbocycles. The van der Waals surface area contributed by atoms with Gasteiger partial charge in [0.25, 0.3) is 10.0 Å². The predicted octanol–water partition coefficient (Wildman–Crippen LogP) is 0.0178. The molecule has 3 N–H and O–H groups in total. The van der Waals surface area contributed by atoms with E-state index in [0.717, 1.165) is 16.6 Å². The molecule has 0 aliphatic rings. The Morgan fingerprint density at radius 1 is 1.23 bits per heavy atom. The van der Waals surface area contributed by atoms with E-state index in [1.807, 2.05) is 0 Å². The molecular weight excluding hydrogens is 306 g/mol. The van der Waals surface area contributed by atoms with Gasteiger partial charge in [0.1, 0.15) is 12.1 Å². The molecule has 0 bridgehead atoms. The van der Waals surface area contributed by atoms with Crippen molar-refractivity contribution in [2.24, 2.45) is 12.2 Å². The van der Waals surface area contributed by atoms with Crippen molar-refractivity contribution < 1.29 is 8.42 Å². The zero-order valence-corrected chi connectivity index (χ0v) is 12.4. The number of fused-ring (bicyclic) bond motifs is 1. The van der Waals surface area contributed by atoms with Crippen LogP contribution in [0.3, 0.4) is 0 Å². The molecule has 0 amide bonds. The van der Waals surface area contributed by atoms with Crippen molar-refractivity contribution in [1.29, 1.82) is 0 Å². The Bertz CT molecular complexity index is 918. The molecule has 3 rings (SSSR count). The van der Waals surface area contributed by atoms with E-state index in [1.165, 1.54) is 18.6 Å². The first-order valence-electron chi connectivity index (χ1n) is 6.29. The van der Waals surface area contributed by atoms with Crippen molar-refractivity contribution >= 4 is 26.9 Å². The number of hydrogen-bond acceptors (Lipinski definition) is 7. The maximum Gasteiger partial charge on any atom is 0.255 e. The highest BCUT2D eigenvalue weighted by Gasteiger charge is 2.10. The van der Waals surface area contributed by atoms with Gasteiger partial charge in [-0.15, -0.1) is 0 Å². The first-order valence-corrected chi connectivity index (χ1v) is 7.84. The molecule has 3 aromatic heterocycles. The standard InChI is InChI=1S/C12H13N7O2S/c1-19-12-9(6-18-19)11(16-7-17-12)15-5-8-2-3-10(14-4-8)22(13,20)21/h2-4,6-7H,5H2,1H3,(H2,13,20,21)(H,15,16,17). The Balaban J connectivity index is 1.79. The minimum atomic E-state index is -3.78. The molecule has 0 saturated carbocycles. The van der Waals surface area contributed by atoms with Gasteiger partial charge in [-0.3, -0.25) is 4.68 Å². The van der Waals surface area contributed by atoms with Gasteiger partial charge >= 0.3 is 0 Å². The molecule has 22 heavy (non-hydrogen) atoms. The van der Waals surface area contributed by atoms with Crippen LogP contribution < -0.4 is 10.5 Å². The topological polar surface area (TPSA) is 129 Å². The summed E-state index contributed by atoms with van der Waals surface area (Å²) >= 11 is 0. The first kappa shape index (κ1) is 14.4. The number of aryl methyl sites for hydroxylation is 1. The van der Waals surface area contributed by atoms with E-state index in [1.54, 1.807) is 24.0 Å². The highest BCUT2D eigenvalue weighted by molar-refractivity contribution is 7.89. The Morgan fingerprint density at radius 2 is 2.05 bits per heavy atom. The number of aromatic nitrogens is 5. The Hall–Kier alpha value is -2.59. The summed E-state index contributed by atoms with van der Waals surface area (Å²) in [4.78, 5) is 12.2. The van der Waals surface area contributed by atoms with Crippen LogP contribution in [-0.2, 0) is 23.6 Å². The molecule has 0 unspecified atom stereocenters. The van der Waals surface area contributed by atoms with Gasteiger partial charge in [0, 0.05) is 19.8 Å². The van der Waals surface area contributed by atoms with Crippen LogP contribution in [0.25, 0.3) is 11.0 Å². The lowest BCUT2D eigenvalue weighted by atomic mass is 10.3. The maximum absolute atomic E-state index is 11.1. The van der Waals surface area contributed by atoms with Crippen molar-refractivity contribution in [1.82, 2.24) is 24.7 Å². The smallest absolute Gasteiger partial charge is 0.255 e. The number of nitrogens with zero attached hydrogens (tertiary/aromatic N) is 5.